The summed E-state index contributed by atoms with van der Waals surface area (Å²) in [5.74, 6) is 0.470. The maximum absolute atomic E-state index is 12.8. The molecule has 0 spiro atoms. The lowest BCUT2D eigenvalue weighted by Gasteiger charge is -2.27. The Kier molecular flexibility index (Phi) is 4.93. The molecular weight excluding hydrogens is 294 g/mol. The second-order valence-electron chi connectivity index (χ2n) is 6.06. The summed E-state index contributed by atoms with van der Waals surface area (Å²) in [7, 11) is 0. The molecular formula is C17H23N3O3. The SMILES string of the molecule is CCC[C@H](CNO)C(=O)N1CCC[C@H]1c1nc2ccccc2o1. The fraction of sp³-hybridized carbons (Fsp3) is 0.529. The maximum atomic E-state index is 12.8. The number of oxazole rings is 1. The van der Waals surface area contributed by atoms with E-state index in [-0.39, 0.29) is 24.4 Å². The van der Waals surface area contributed by atoms with Crippen LogP contribution in [0, 0.1) is 5.92 Å². The van der Waals surface area contributed by atoms with Crippen LogP contribution in [0.25, 0.3) is 11.1 Å². The standard InChI is InChI=1S/C17H23N3O3/c1-2-6-12(11-18-22)17(21)20-10-5-8-14(20)16-19-13-7-3-4-9-15(13)23-16/h3-4,7,9,12,14,18,22H,2,5-6,8,10-11H2,1H3/t12-,14+/m1/s1. The molecule has 0 radical (unpaired) electrons. The number of hydrogen-bond donors (Lipinski definition) is 2. The van der Waals surface area contributed by atoms with E-state index in [4.69, 9.17) is 9.62 Å². The molecule has 3 rings (SSSR count). The van der Waals surface area contributed by atoms with E-state index in [2.05, 4.69) is 10.5 Å². The molecule has 2 heterocycles. The van der Waals surface area contributed by atoms with Crippen LogP contribution in [0.3, 0.4) is 0 Å². The van der Waals surface area contributed by atoms with Crippen molar-refractivity contribution in [2.45, 2.75) is 38.6 Å². The molecule has 1 amide bonds. The monoisotopic (exact) mass is 317 g/mol. The molecule has 0 unspecified atom stereocenters. The Balaban J connectivity index is 1.82. The summed E-state index contributed by atoms with van der Waals surface area (Å²) in [4.78, 5) is 19.2. The van der Waals surface area contributed by atoms with Gasteiger partial charge in [-0.15, -0.1) is 0 Å². The molecule has 2 N–H and O–H groups in total. The zero-order valence-corrected chi connectivity index (χ0v) is 13.4. The van der Waals surface area contributed by atoms with Gasteiger partial charge < -0.3 is 14.5 Å². The van der Waals surface area contributed by atoms with Crippen LogP contribution in [-0.2, 0) is 4.79 Å². The van der Waals surface area contributed by atoms with Gasteiger partial charge in [0.25, 0.3) is 0 Å². The van der Waals surface area contributed by atoms with Crippen LogP contribution in [0.15, 0.2) is 28.7 Å². The van der Waals surface area contributed by atoms with Gasteiger partial charge in [0.2, 0.25) is 11.8 Å². The third-order valence-corrected chi connectivity index (χ3v) is 4.46. The molecule has 23 heavy (non-hydrogen) atoms. The molecule has 2 atom stereocenters. The first-order chi connectivity index (χ1) is 11.2. The third kappa shape index (κ3) is 3.23. The Morgan fingerprint density at radius 1 is 1.52 bits per heavy atom. The molecule has 1 aromatic heterocycles. The van der Waals surface area contributed by atoms with Crippen LogP contribution in [0.1, 0.15) is 44.5 Å². The zero-order valence-electron chi connectivity index (χ0n) is 13.4. The highest BCUT2D eigenvalue weighted by atomic mass is 16.5. The van der Waals surface area contributed by atoms with Gasteiger partial charge in [0, 0.05) is 13.1 Å². The van der Waals surface area contributed by atoms with Crippen molar-refractivity contribution in [3.8, 4) is 0 Å². The van der Waals surface area contributed by atoms with Crippen LogP contribution in [0.2, 0.25) is 0 Å². The molecule has 124 valence electrons. The number of carbonyl (C=O) groups excluding carboxylic acids is 1. The quantitative estimate of drug-likeness (QED) is 0.801. The number of nitrogens with one attached hydrogen (secondary N) is 1. The summed E-state index contributed by atoms with van der Waals surface area (Å²) in [5, 5.41) is 8.98. The summed E-state index contributed by atoms with van der Waals surface area (Å²) in [6.07, 6.45) is 3.47. The molecule has 1 aromatic carbocycles. The fourth-order valence-corrected chi connectivity index (χ4v) is 3.33. The topological polar surface area (TPSA) is 78.6 Å². The smallest absolute Gasteiger partial charge is 0.227 e. The highest BCUT2D eigenvalue weighted by Crippen LogP contribution is 2.34. The third-order valence-electron chi connectivity index (χ3n) is 4.46. The molecule has 0 aliphatic carbocycles. The minimum Gasteiger partial charge on any atom is -0.438 e. The van der Waals surface area contributed by atoms with Gasteiger partial charge in [-0.2, -0.15) is 0 Å². The molecule has 1 aliphatic rings. The number of nitrogens with zero attached hydrogens (tertiary/aromatic N) is 2. The predicted molar refractivity (Wildman–Crippen MR) is 85.9 cm³/mol. The molecule has 1 saturated heterocycles. The maximum Gasteiger partial charge on any atom is 0.227 e. The van der Waals surface area contributed by atoms with Crippen LogP contribution in [-0.4, -0.2) is 34.1 Å². The highest BCUT2D eigenvalue weighted by molar-refractivity contribution is 5.80. The number of hydrogen-bond acceptors (Lipinski definition) is 5. The van der Waals surface area contributed by atoms with Gasteiger partial charge in [0.15, 0.2) is 5.58 Å². The number of carbonyl (C=O) groups is 1. The van der Waals surface area contributed by atoms with E-state index in [1.165, 1.54) is 0 Å². The van der Waals surface area contributed by atoms with Crippen molar-refractivity contribution in [1.82, 2.24) is 15.4 Å². The van der Waals surface area contributed by atoms with Crippen molar-refractivity contribution in [2.75, 3.05) is 13.1 Å². The normalized spacial score (nSPS) is 19.4. The van der Waals surface area contributed by atoms with E-state index in [9.17, 15) is 4.79 Å². The van der Waals surface area contributed by atoms with Crippen LogP contribution in [0.5, 0.6) is 0 Å². The fourth-order valence-electron chi connectivity index (χ4n) is 3.33. The first-order valence-corrected chi connectivity index (χ1v) is 8.27. The lowest BCUT2D eigenvalue weighted by atomic mass is 10.0. The number of fused-ring (bicyclic) bond motifs is 1. The number of rotatable bonds is 6. The van der Waals surface area contributed by atoms with E-state index < -0.39 is 0 Å². The second kappa shape index (κ2) is 7.10. The Hall–Kier alpha value is -1.92. The number of likely N-dealkylation sites (tertiary alicyclic amines) is 1. The molecule has 1 aliphatic heterocycles. The van der Waals surface area contributed by atoms with Crippen LogP contribution in [0.4, 0.5) is 0 Å². The van der Waals surface area contributed by atoms with Gasteiger partial charge >= 0.3 is 0 Å². The summed E-state index contributed by atoms with van der Waals surface area (Å²) in [6, 6.07) is 7.55. The number of hydroxylamine groups is 1. The Morgan fingerprint density at radius 3 is 3.09 bits per heavy atom. The average molecular weight is 317 g/mol. The summed E-state index contributed by atoms with van der Waals surface area (Å²) in [5.41, 5.74) is 3.72. The molecule has 1 fully saturated rings. The van der Waals surface area contributed by atoms with E-state index >= 15 is 0 Å². The van der Waals surface area contributed by atoms with E-state index in [0.29, 0.717) is 12.4 Å². The molecule has 0 bridgehead atoms. The van der Waals surface area contributed by atoms with Crippen molar-refractivity contribution >= 4 is 17.0 Å². The lowest BCUT2D eigenvalue weighted by Crippen LogP contribution is -2.39. The van der Waals surface area contributed by atoms with E-state index in [0.717, 1.165) is 36.8 Å². The van der Waals surface area contributed by atoms with Crippen molar-refractivity contribution in [3.05, 3.63) is 30.2 Å². The van der Waals surface area contributed by atoms with Crippen LogP contribution < -0.4 is 5.48 Å². The van der Waals surface area contributed by atoms with Gasteiger partial charge in [-0.25, -0.2) is 10.5 Å². The highest BCUT2D eigenvalue weighted by Gasteiger charge is 2.36. The van der Waals surface area contributed by atoms with Gasteiger partial charge in [-0.05, 0) is 31.4 Å². The minimum absolute atomic E-state index is 0.0677. The van der Waals surface area contributed by atoms with Crippen molar-refractivity contribution in [2.24, 2.45) is 5.92 Å². The Morgan fingerprint density at radius 2 is 2.35 bits per heavy atom. The predicted octanol–water partition coefficient (Wildman–Crippen LogP) is 2.89. The van der Waals surface area contributed by atoms with Crippen molar-refractivity contribution < 1.29 is 14.4 Å². The number of para-hydroxylation sites is 2. The van der Waals surface area contributed by atoms with E-state index in [1.54, 1.807) is 0 Å². The largest absolute Gasteiger partial charge is 0.438 e. The minimum atomic E-state index is -0.213. The Bertz CT molecular complexity index is 631. The molecule has 2 aromatic rings. The average Bonchev–Trinajstić information content (AvgIpc) is 3.20. The van der Waals surface area contributed by atoms with Gasteiger partial charge in [-0.3, -0.25) is 4.79 Å². The number of benzene rings is 1. The van der Waals surface area contributed by atoms with Crippen LogP contribution >= 0.6 is 0 Å². The van der Waals surface area contributed by atoms with Crippen molar-refractivity contribution in [3.63, 3.8) is 0 Å². The number of aromatic nitrogens is 1. The second-order valence-corrected chi connectivity index (χ2v) is 6.06. The summed E-state index contributed by atoms with van der Waals surface area (Å²) >= 11 is 0. The molecule has 6 nitrogen and oxygen atoms in total. The van der Waals surface area contributed by atoms with Gasteiger partial charge in [0.05, 0.1) is 5.92 Å². The van der Waals surface area contributed by atoms with Crippen molar-refractivity contribution in [1.29, 1.82) is 0 Å². The van der Waals surface area contributed by atoms with E-state index in [1.807, 2.05) is 36.1 Å². The lowest BCUT2D eigenvalue weighted by molar-refractivity contribution is -0.137. The first kappa shape index (κ1) is 16.0. The zero-order chi connectivity index (χ0) is 16.2. The first-order valence-electron chi connectivity index (χ1n) is 8.27. The summed E-state index contributed by atoms with van der Waals surface area (Å²) in [6.45, 7) is 3.04. The molecule has 6 heteroatoms. The number of amides is 1. The van der Waals surface area contributed by atoms with Gasteiger partial charge in [0.1, 0.15) is 11.6 Å². The summed E-state index contributed by atoms with van der Waals surface area (Å²) < 4.78 is 5.86. The Labute approximate surface area is 135 Å². The van der Waals surface area contributed by atoms with Gasteiger partial charge in [-0.1, -0.05) is 25.5 Å². The molecule has 0 saturated carbocycles.